The molecule has 0 saturated heterocycles. The smallest absolute Gasteiger partial charge is 0.329 e. The van der Waals surface area contributed by atoms with Crippen LogP contribution < -0.4 is 4.74 Å². The number of para-hydroxylation sites is 1. The average molecular weight is 386 g/mol. The molecular weight excluding hydrogens is 354 g/mol. The third-order valence-corrected chi connectivity index (χ3v) is 5.09. The zero-order chi connectivity index (χ0) is 20.4. The molecule has 0 N–H and O–H groups in total. The number of nitrogens with zero attached hydrogens (tertiary/aromatic N) is 1. The zero-order valence-electron chi connectivity index (χ0n) is 16.8. The second-order valence-electron chi connectivity index (χ2n) is 7.46. The standard InChI is InChI=1S/C23H31NO4/c1-3-16-24(2)17-12-8-6-4-5-7-9-14-19(25)21-22(26)18-13-10-11-15-20(18)28-23(21)27/h3,10-11,13,15,21H,1,4-9,12,14,16-17H2,2H3. The summed E-state index contributed by atoms with van der Waals surface area (Å²) in [5, 5.41) is 0. The topological polar surface area (TPSA) is 63.7 Å². The Kier molecular flexibility index (Phi) is 9.08. The number of hydrogen-bond acceptors (Lipinski definition) is 5. The number of unbranched alkanes of at least 4 members (excludes halogenated alkanes) is 6. The van der Waals surface area contributed by atoms with Crippen LogP contribution >= 0.6 is 0 Å². The SMILES string of the molecule is C=CCN(C)CCCCCCCCCC(=O)C1C(=O)Oc2ccccc2C1=O. The molecule has 1 aromatic rings. The summed E-state index contributed by atoms with van der Waals surface area (Å²) < 4.78 is 5.16. The third kappa shape index (κ3) is 6.41. The van der Waals surface area contributed by atoms with Crippen molar-refractivity contribution < 1.29 is 19.1 Å². The van der Waals surface area contributed by atoms with Gasteiger partial charge >= 0.3 is 5.97 Å². The minimum atomic E-state index is -1.29. The molecule has 152 valence electrons. The maximum atomic E-state index is 12.5. The number of benzene rings is 1. The van der Waals surface area contributed by atoms with Crippen LogP contribution in [0, 0.1) is 5.92 Å². The summed E-state index contributed by atoms with van der Waals surface area (Å²) in [5.74, 6) is -2.54. The highest BCUT2D eigenvalue weighted by Crippen LogP contribution is 2.29. The van der Waals surface area contributed by atoms with Gasteiger partial charge in [-0.15, -0.1) is 6.58 Å². The molecule has 1 aliphatic heterocycles. The summed E-state index contributed by atoms with van der Waals surface area (Å²) in [4.78, 5) is 39.2. The van der Waals surface area contributed by atoms with Crippen molar-refractivity contribution in [1.82, 2.24) is 4.90 Å². The maximum absolute atomic E-state index is 12.5. The van der Waals surface area contributed by atoms with E-state index in [-0.39, 0.29) is 18.0 Å². The fourth-order valence-corrected chi connectivity index (χ4v) is 3.49. The predicted molar refractivity (Wildman–Crippen MR) is 110 cm³/mol. The molecule has 5 nitrogen and oxygen atoms in total. The van der Waals surface area contributed by atoms with E-state index in [4.69, 9.17) is 4.74 Å². The van der Waals surface area contributed by atoms with Gasteiger partial charge in [0, 0.05) is 13.0 Å². The van der Waals surface area contributed by atoms with E-state index in [1.54, 1.807) is 24.3 Å². The normalized spacial score (nSPS) is 16.0. The number of carbonyl (C=O) groups excluding carboxylic acids is 3. The van der Waals surface area contributed by atoms with Crippen LogP contribution in [0.2, 0.25) is 0 Å². The van der Waals surface area contributed by atoms with Crippen LogP contribution in [0.5, 0.6) is 5.75 Å². The quantitative estimate of drug-likeness (QED) is 0.167. The van der Waals surface area contributed by atoms with Crippen LogP contribution in [-0.2, 0) is 9.59 Å². The minimum absolute atomic E-state index is 0.247. The zero-order valence-corrected chi connectivity index (χ0v) is 16.8. The molecule has 28 heavy (non-hydrogen) atoms. The van der Waals surface area contributed by atoms with E-state index in [0.29, 0.717) is 12.0 Å². The van der Waals surface area contributed by atoms with Crippen molar-refractivity contribution in [3.8, 4) is 5.75 Å². The molecule has 1 unspecified atom stereocenters. The molecule has 0 saturated carbocycles. The van der Waals surface area contributed by atoms with E-state index >= 15 is 0 Å². The van der Waals surface area contributed by atoms with Crippen molar-refractivity contribution in [3.05, 3.63) is 42.5 Å². The molecule has 0 amide bonds. The van der Waals surface area contributed by atoms with Crippen LogP contribution in [0.4, 0.5) is 0 Å². The van der Waals surface area contributed by atoms with Crippen molar-refractivity contribution in [2.75, 3.05) is 20.1 Å². The van der Waals surface area contributed by atoms with Gasteiger partial charge in [-0.05, 0) is 38.6 Å². The van der Waals surface area contributed by atoms with Crippen LogP contribution in [0.25, 0.3) is 0 Å². The summed E-state index contributed by atoms with van der Waals surface area (Å²) in [7, 11) is 2.10. The Morgan fingerprint density at radius 1 is 1.07 bits per heavy atom. The molecule has 0 aromatic heterocycles. The summed E-state index contributed by atoms with van der Waals surface area (Å²) >= 11 is 0. The van der Waals surface area contributed by atoms with Gasteiger partial charge in [-0.1, -0.05) is 50.3 Å². The Morgan fingerprint density at radius 2 is 1.71 bits per heavy atom. The van der Waals surface area contributed by atoms with Crippen molar-refractivity contribution in [2.45, 2.75) is 51.4 Å². The fraction of sp³-hybridized carbons (Fsp3) is 0.522. The second-order valence-corrected chi connectivity index (χ2v) is 7.46. The Morgan fingerprint density at radius 3 is 2.43 bits per heavy atom. The molecule has 0 fully saturated rings. The maximum Gasteiger partial charge on any atom is 0.329 e. The number of ether oxygens (including phenoxy) is 1. The van der Waals surface area contributed by atoms with Crippen LogP contribution in [0.3, 0.4) is 0 Å². The molecule has 0 radical (unpaired) electrons. The molecule has 0 bridgehead atoms. The lowest BCUT2D eigenvalue weighted by atomic mass is 9.88. The lowest BCUT2D eigenvalue weighted by Gasteiger charge is -2.21. The van der Waals surface area contributed by atoms with Crippen LogP contribution in [0.15, 0.2) is 36.9 Å². The summed E-state index contributed by atoms with van der Waals surface area (Å²) in [6, 6.07) is 6.57. The van der Waals surface area contributed by atoms with Crippen molar-refractivity contribution >= 4 is 17.5 Å². The van der Waals surface area contributed by atoms with E-state index in [9.17, 15) is 14.4 Å². The summed E-state index contributed by atoms with van der Waals surface area (Å²) in [6.45, 7) is 5.76. The molecule has 1 aliphatic rings. The highest BCUT2D eigenvalue weighted by atomic mass is 16.5. The minimum Gasteiger partial charge on any atom is -0.425 e. The number of carbonyl (C=O) groups is 3. The van der Waals surface area contributed by atoms with E-state index in [0.717, 1.165) is 32.4 Å². The first-order valence-corrected chi connectivity index (χ1v) is 10.2. The molecule has 1 aromatic carbocycles. The Bertz CT molecular complexity index is 698. The summed E-state index contributed by atoms with van der Waals surface area (Å²) in [5.41, 5.74) is 0.319. The highest BCUT2D eigenvalue weighted by Gasteiger charge is 2.40. The number of esters is 1. The van der Waals surface area contributed by atoms with Crippen LogP contribution in [0.1, 0.15) is 61.7 Å². The molecule has 5 heteroatoms. The molecular formula is C23H31NO4. The largest absolute Gasteiger partial charge is 0.425 e. The molecule has 0 aliphatic carbocycles. The highest BCUT2D eigenvalue weighted by molar-refractivity contribution is 6.25. The van der Waals surface area contributed by atoms with Gasteiger partial charge in [-0.25, -0.2) is 0 Å². The van der Waals surface area contributed by atoms with E-state index in [1.165, 1.54) is 19.3 Å². The lowest BCUT2D eigenvalue weighted by molar-refractivity contribution is -0.142. The number of rotatable bonds is 13. The number of Topliss-reactive ketones (excluding diaryl/α,β-unsaturated/α-hetero) is 2. The Balaban J connectivity index is 1.61. The first kappa shape index (κ1) is 22.0. The third-order valence-electron chi connectivity index (χ3n) is 5.09. The van der Waals surface area contributed by atoms with Crippen molar-refractivity contribution in [1.29, 1.82) is 0 Å². The fourth-order valence-electron chi connectivity index (χ4n) is 3.49. The van der Waals surface area contributed by atoms with Gasteiger partial charge in [0.15, 0.2) is 17.5 Å². The summed E-state index contributed by atoms with van der Waals surface area (Å²) in [6.07, 6.45) is 9.63. The number of ketones is 2. The predicted octanol–water partition coefficient (Wildman–Crippen LogP) is 4.21. The molecule has 1 atom stereocenters. The molecule has 0 spiro atoms. The average Bonchev–Trinajstić information content (AvgIpc) is 2.67. The van der Waals surface area contributed by atoms with E-state index in [1.807, 2.05) is 6.08 Å². The van der Waals surface area contributed by atoms with Gasteiger partial charge in [-0.2, -0.15) is 0 Å². The number of fused-ring (bicyclic) bond motifs is 1. The van der Waals surface area contributed by atoms with Crippen molar-refractivity contribution in [2.24, 2.45) is 5.92 Å². The van der Waals surface area contributed by atoms with Crippen molar-refractivity contribution in [3.63, 3.8) is 0 Å². The van der Waals surface area contributed by atoms with Crippen LogP contribution in [-0.4, -0.2) is 42.6 Å². The second kappa shape index (κ2) is 11.5. The first-order chi connectivity index (χ1) is 13.5. The van der Waals surface area contributed by atoms with Gasteiger partial charge in [0.2, 0.25) is 0 Å². The number of likely N-dealkylation sites (N-methyl/N-ethyl adjacent to an activating group) is 1. The van der Waals surface area contributed by atoms with E-state index in [2.05, 4.69) is 18.5 Å². The van der Waals surface area contributed by atoms with Gasteiger partial charge in [0.1, 0.15) is 5.75 Å². The van der Waals surface area contributed by atoms with Gasteiger partial charge in [0.05, 0.1) is 5.56 Å². The molecule has 1 heterocycles. The monoisotopic (exact) mass is 385 g/mol. The first-order valence-electron chi connectivity index (χ1n) is 10.2. The van der Waals surface area contributed by atoms with Gasteiger partial charge in [0.25, 0.3) is 0 Å². The van der Waals surface area contributed by atoms with E-state index < -0.39 is 17.7 Å². The lowest BCUT2D eigenvalue weighted by Crippen LogP contribution is -2.38. The Labute approximate surface area is 167 Å². The Hall–Kier alpha value is -2.27. The molecule has 2 rings (SSSR count). The van der Waals surface area contributed by atoms with Gasteiger partial charge < -0.3 is 9.64 Å². The van der Waals surface area contributed by atoms with Gasteiger partial charge in [-0.3, -0.25) is 14.4 Å². The number of hydrogen-bond donors (Lipinski definition) is 0.